The van der Waals surface area contributed by atoms with Gasteiger partial charge in [-0.3, -0.25) is 4.99 Å². The van der Waals surface area contributed by atoms with Gasteiger partial charge in [0.2, 0.25) is 0 Å². The quantitative estimate of drug-likeness (QED) is 0.543. The lowest BCUT2D eigenvalue weighted by atomic mass is 10.3. The summed E-state index contributed by atoms with van der Waals surface area (Å²) in [5.74, 6) is 0.687. The molecule has 0 bridgehead atoms. The normalized spacial score (nSPS) is 13.4. The van der Waals surface area contributed by atoms with Crippen LogP contribution in [-0.4, -0.2) is 22.7 Å². The third kappa shape index (κ3) is 2.18. The molecule has 0 radical (unpaired) electrons. The Hall–Kier alpha value is -1.58. The van der Waals surface area contributed by atoms with E-state index >= 15 is 0 Å². The standard InChI is InChI=1S/C9H14N4/c1-3-5-8(10)9(11-2)13-7-4-6-12-13/h4-7H,3,10H2,1-2H3/b8-5+,11-9?. The average molecular weight is 178 g/mol. The van der Waals surface area contributed by atoms with Crippen molar-refractivity contribution in [2.75, 3.05) is 7.05 Å². The molecule has 2 N–H and O–H groups in total. The van der Waals surface area contributed by atoms with Crippen molar-refractivity contribution in [1.82, 2.24) is 9.78 Å². The third-order valence-corrected chi connectivity index (χ3v) is 1.62. The molecule has 0 unspecified atom stereocenters. The fourth-order valence-corrected chi connectivity index (χ4v) is 1.07. The SMILES string of the molecule is CC/C=C(/N)C(=NC)n1cccn1. The Morgan fingerprint density at radius 2 is 2.46 bits per heavy atom. The molecule has 0 atom stereocenters. The van der Waals surface area contributed by atoms with Crippen LogP contribution >= 0.6 is 0 Å². The lowest BCUT2D eigenvalue weighted by Gasteiger charge is -2.04. The van der Waals surface area contributed by atoms with Crippen LogP contribution in [0.4, 0.5) is 0 Å². The summed E-state index contributed by atoms with van der Waals surface area (Å²) in [6.45, 7) is 2.03. The number of rotatable bonds is 2. The van der Waals surface area contributed by atoms with E-state index in [0.717, 1.165) is 6.42 Å². The summed E-state index contributed by atoms with van der Waals surface area (Å²) < 4.78 is 1.65. The molecule has 1 aromatic heterocycles. The molecule has 0 saturated carbocycles. The maximum Gasteiger partial charge on any atom is 0.171 e. The first-order chi connectivity index (χ1) is 6.29. The molecule has 0 aromatic carbocycles. The lowest BCUT2D eigenvalue weighted by Crippen LogP contribution is -2.20. The van der Waals surface area contributed by atoms with Gasteiger partial charge in [0.25, 0.3) is 0 Å². The highest BCUT2D eigenvalue weighted by Gasteiger charge is 2.03. The molecule has 0 fully saturated rings. The van der Waals surface area contributed by atoms with Crippen molar-refractivity contribution < 1.29 is 0 Å². The van der Waals surface area contributed by atoms with E-state index in [1.807, 2.05) is 25.3 Å². The van der Waals surface area contributed by atoms with Crippen LogP contribution in [0.5, 0.6) is 0 Å². The van der Waals surface area contributed by atoms with Crippen LogP contribution in [0.1, 0.15) is 13.3 Å². The number of hydrogen-bond acceptors (Lipinski definition) is 3. The second-order valence-electron chi connectivity index (χ2n) is 2.57. The number of allylic oxidation sites excluding steroid dienone is 2. The van der Waals surface area contributed by atoms with Crippen molar-refractivity contribution in [2.45, 2.75) is 13.3 Å². The van der Waals surface area contributed by atoms with Crippen LogP contribution in [0.25, 0.3) is 0 Å². The molecule has 4 heteroatoms. The Kier molecular flexibility index (Phi) is 3.25. The molecule has 70 valence electrons. The van der Waals surface area contributed by atoms with Crippen LogP contribution in [0.2, 0.25) is 0 Å². The first-order valence-corrected chi connectivity index (χ1v) is 4.22. The van der Waals surface area contributed by atoms with E-state index in [2.05, 4.69) is 10.1 Å². The molecule has 13 heavy (non-hydrogen) atoms. The van der Waals surface area contributed by atoms with E-state index in [-0.39, 0.29) is 0 Å². The summed E-state index contributed by atoms with van der Waals surface area (Å²) in [5, 5.41) is 4.06. The maximum atomic E-state index is 5.80. The Bertz CT molecular complexity index is 308. The van der Waals surface area contributed by atoms with Crippen LogP contribution in [-0.2, 0) is 0 Å². The van der Waals surface area contributed by atoms with Crippen molar-refractivity contribution in [1.29, 1.82) is 0 Å². The molecule has 0 aliphatic carbocycles. The zero-order chi connectivity index (χ0) is 9.68. The molecule has 0 saturated heterocycles. The minimum Gasteiger partial charge on any atom is -0.396 e. The summed E-state index contributed by atoms with van der Waals surface area (Å²) in [4.78, 5) is 4.07. The summed E-state index contributed by atoms with van der Waals surface area (Å²) in [6, 6.07) is 1.84. The highest BCUT2D eigenvalue weighted by molar-refractivity contribution is 5.98. The predicted molar refractivity (Wildman–Crippen MR) is 53.5 cm³/mol. The van der Waals surface area contributed by atoms with Crippen molar-refractivity contribution in [3.8, 4) is 0 Å². The highest BCUT2D eigenvalue weighted by Crippen LogP contribution is 1.96. The summed E-state index contributed by atoms with van der Waals surface area (Å²) >= 11 is 0. The van der Waals surface area contributed by atoms with Gasteiger partial charge in [-0.1, -0.05) is 13.0 Å². The van der Waals surface area contributed by atoms with Gasteiger partial charge in [-0.15, -0.1) is 0 Å². The summed E-state index contributed by atoms with van der Waals surface area (Å²) in [6.07, 6.45) is 6.33. The molecule has 1 aromatic rings. The maximum absolute atomic E-state index is 5.80. The van der Waals surface area contributed by atoms with E-state index in [1.165, 1.54) is 0 Å². The molecule has 0 spiro atoms. The summed E-state index contributed by atoms with van der Waals surface area (Å²) in [5.41, 5.74) is 6.46. The van der Waals surface area contributed by atoms with Crippen LogP contribution < -0.4 is 5.73 Å². The lowest BCUT2D eigenvalue weighted by molar-refractivity contribution is 0.921. The third-order valence-electron chi connectivity index (χ3n) is 1.62. The van der Waals surface area contributed by atoms with Gasteiger partial charge in [-0.25, -0.2) is 4.68 Å². The number of aliphatic imine (C=N–C) groups is 1. The Morgan fingerprint density at radius 1 is 1.69 bits per heavy atom. The Labute approximate surface area is 77.8 Å². The first kappa shape index (κ1) is 9.51. The van der Waals surface area contributed by atoms with Gasteiger partial charge in [-0.2, -0.15) is 5.10 Å². The molecule has 0 amide bonds. The van der Waals surface area contributed by atoms with Crippen molar-refractivity contribution >= 4 is 5.84 Å². The van der Waals surface area contributed by atoms with E-state index in [9.17, 15) is 0 Å². The molecule has 0 aliphatic heterocycles. The fourth-order valence-electron chi connectivity index (χ4n) is 1.07. The molecule has 1 rings (SSSR count). The van der Waals surface area contributed by atoms with Gasteiger partial charge in [0, 0.05) is 19.4 Å². The number of hydrogen-bond donors (Lipinski definition) is 1. The van der Waals surface area contributed by atoms with Crippen molar-refractivity contribution in [2.24, 2.45) is 10.7 Å². The van der Waals surface area contributed by atoms with Crippen LogP contribution in [0.3, 0.4) is 0 Å². The predicted octanol–water partition coefficient (Wildman–Crippen LogP) is 1.01. The second-order valence-corrected chi connectivity index (χ2v) is 2.57. The van der Waals surface area contributed by atoms with Gasteiger partial charge in [0.15, 0.2) is 5.84 Å². The summed E-state index contributed by atoms with van der Waals surface area (Å²) in [7, 11) is 1.70. The average Bonchev–Trinajstić information content (AvgIpc) is 2.59. The van der Waals surface area contributed by atoms with E-state index in [0.29, 0.717) is 11.5 Å². The zero-order valence-electron chi connectivity index (χ0n) is 7.94. The number of aromatic nitrogens is 2. The Balaban J connectivity index is 2.94. The van der Waals surface area contributed by atoms with E-state index in [1.54, 1.807) is 17.9 Å². The van der Waals surface area contributed by atoms with E-state index < -0.39 is 0 Å². The number of nitrogens with zero attached hydrogens (tertiary/aromatic N) is 3. The van der Waals surface area contributed by atoms with Gasteiger partial charge in [-0.05, 0) is 12.5 Å². The van der Waals surface area contributed by atoms with Gasteiger partial charge >= 0.3 is 0 Å². The highest BCUT2D eigenvalue weighted by atomic mass is 15.3. The van der Waals surface area contributed by atoms with Crippen molar-refractivity contribution in [3.63, 3.8) is 0 Å². The second kappa shape index (κ2) is 4.45. The monoisotopic (exact) mass is 178 g/mol. The fraction of sp³-hybridized carbons (Fsp3) is 0.333. The minimum atomic E-state index is 0.661. The molecular formula is C9H14N4. The van der Waals surface area contributed by atoms with E-state index in [4.69, 9.17) is 5.73 Å². The smallest absolute Gasteiger partial charge is 0.171 e. The van der Waals surface area contributed by atoms with Crippen molar-refractivity contribution in [3.05, 3.63) is 30.2 Å². The minimum absolute atomic E-state index is 0.661. The van der Waals surface area contributed by atoms with Gasteiger partial charge in [0.1, 0.15) is 0 Å². The van der Waals surface area contributed by atoms with Crippen LogP contribution in [0, 0.1) is 0 Å². The molecule has 4 nitrogen and oxygen atoms in total. The van der Waals surface area contributed by atoms with Crippen LogP contribution in [0.15, 0.2) is 35.2 Å². The van der Waals surface area contributed by atoms with Gasteiger partial charge < -0.3 is 5.73 Å². The largest absolute Gasteiger partial charge is 0.396 e. The molecule has 0 aliphatic rings. The molecule has 1 heterocycles. The Morgan fingerprint density at radius 3 is 2.92 bits per heavy atom. The zero-order valence-corrected chi connectivity index (χ0v) is 7.94. The van der Waals surface area contributed by atoms with Gasteiger partial charge in [0.05, 0.1) is 5.70 Å². The number of nitrogens with two attached hydrogens (primary N) is 1. The molecular weight excluding hydrogens is 164 g/mol. The first-order valence-electron chi connectivity index (χ1n) is 4.22. The topological polar surface area (TPSA) is 56.2 Å².